The minimum Gasteiger partial charge on any atom is -0.469 e. The van der Waals surface area contributed by atoms with Crippen LogP contribution in [0.1, 0.15) is 28.8 Å². The van der Waals surface area contributed by atoms with Gasteiger partial charge in [-0.2, -0.15) is 0 Å². The standard InChI is InChI=1S/C17H21N3O4/c1-24-14(21)10-13-16(22)19-8-9-20(13)17(23)12-6-2-4-11-5-3-7-18-15(11)12/h2,4,6,13,18H,3,5,7-10H2,1H3,(H,19,22). The Kier molecular flexibility index (Phi) is 4.69. The molecule has 3 rings (SSSR count). The van der Waals surface area contributed by atoms with Crippen molar-refractivity contribution in [1.82, 2.24) is 10.2 Å². The number of fused-ring (bicyclic) bond motifs is 1. The van der Waals surface area contributed by atoms with Crippen LogP contribution in [0, 0.1) is 0 Å². The quantitative estimate of drug-likeness (QED) is 0.790. The van der Waals surface area contributed by atoms with Crippen LogP contribution in [0.3, 0.4) is 0 Å². The van der Waals surface area contributed by atoms with Gasteiger partial charge in [0.1, 0.15) is 6.04 Å². The molecule has 1 atom stereocenters. The van der Waals surface area contributed by atoms with Crippen molar-refractivity contribution in [2.24, 2.45) is 0 Å². The molecule has 1 unspecified atom stereocenters. The molecule has 2 N–H and O–H groups in total. The molecule has 0 aliphatic carbocycles. The molecule has 24 heavy (non-hydrogen) atoms. The fraction of sp³-hybridized carbons (Fsp3) is 0.471. The van der Waals surface area contributed by atoms with Gasteiger partial charge < -0.3 is 20.3 Å². The minimum absolute atomic E-state index is 0.142. The van der Waals surface area contributed by atoms with Crippen molar-refractivity contribution in [3.63, 3.8) is 0 Å². The third-order valence-electron chi connectivity index (χ3n) is 4.49. The van der Waals surface area contributed by atoms with Crippen LogP contribution >= 0.6 is 0 Å². The summed E-state index contributed by atoms with van der Waals surface area (Å²) in [6.45, 7) is 1.57. The molecule has 2 aliphatic heterocycles. The summed E-state index contributed by atoms with van der Waals surface area (Å²) in [5.74, 6) is -1.06. The van der Waals surface area contributed by atoms with Gasteiger partial charge in [0, 0.05) is 19.6 Å². The van der Waals surface area contributed by atoms with E-state index in [2.05, 4.69) is 15.4 Å². The van der Waals surface area contributed by atoms with Crippen LogP contribution in [-0.2, 0) is 20.7 Å². The molecule has 7 heteroatoms. The van der Waals surface area contributed by atoms with Gasteiger partial charge in [0.05, 0.1) is 24.8 Å². The highest BCUT2D eigenvalue weighted by atomic mass is 16.5. The van der Waals surface area contributed by atoms with Gasteiger partial charge in [-0.3, -0.25) is 14.4 Å². The Bertz CT molecular complexity index is 674. The summed E-state index contributed by atoms with van der Waals surface area (Å²) >= 11 is 0. The summed E-state index contributed by atoms with van der Waals surface area (Å²) < 4.78 is 4.66. The lowest BCUT2D eigenvalue weighted by Gasteiger charge is -2.35. The number of esters is 1. The van der Waals surface area contributed by atoms with Gasteiger partial charge in [-0.15, -0.1) is 0 Å². The van der Waals surface area contributed by atoms with Gasteiger partial charge in [0.2, 0.25) is 5.91 Å². The van der Waals surface area contributed by atoms with Crippen LogP contribution in [0.15, 0.2) is 18.2 Å². The minimum atomic E-state index is -0.835. The van der Waals surface area contributed by atoms with Crippen LogP contribution in [0.2, 0.25) is 0 Å². The Morgan fingerprint density at radius 2 is 2.12 bits per heavy atom. The zero-order chi connectivity index (χ0) is 17.1. The van der Waals surface area contributed by atoms with Crippen molar-refractivity contribution >= 4 is 23.5 Å². The highest BCUT2D eigenvalue weighted by molar-refractivity contribution is 6.03. The Balaban J connectivity index is 1.90. The van der Waals surface area contributed by atoms with Gasteiger partial charge in [-0.1, -0.05) is 12.1 Å². The van der Waals surface area contributed by atoms with Gasteiger partial charge in [0.25, 0.3) is 5.91 Å². The maximum atomic E-state index is 13.1. The Morgan fingerprint density at radius 1 is 1.29 bits per heavy atom. The van der Waals surface area contributed by atoms with E-state index < -0.39 is 12.0 Å². The summed E-state index contributed by atoms with van der Waals surface area (Å²) in [4.78, 5) is 38.3. The van der Waals surface area contributed by atoms with Crippen molar-refractivity contribution < 1.29 is 19.1 Å². The number of benzene rings is 1. The van der Waals surface area contributed by atoms with E-state index in [0.29, 0.717) is 18.7 Å². The van der Waals surface area contributed by atoms with Crippen molar-refractivity contribution in [3.05, 3.63) is 29.3 Å². The van der Waals surface area contributed by atoms with E-state index in [1.54, 1.807) is 6.07 Å². The van der Waals surface area contributed by atoms with E-state index in [9.17, 15) is 14.4 Å². The largest absolute Gasteiger partial charge is 0.469 e. The molecule has 0 aromatic heterocycles. The lowest BCUT2D eigenvalue weighted by atomic mass is 9.97. The molecular formula is C17H21N3O4. The zero-order valence-corrected chi connectivity index (χ0v) is 13.6. The van der Waals surface area contributed by atoms with Crippen LogP contribution in [0.25, 0.3) is 0 Å². The van der Waals surface area contributed by atoms with E-state index in [-0.39, 0.29) is 18.2 Å². The molecule has 2 aliphatic rings. The van der Waals surface area contributed by atoms with E-state index in [4.69, 9.17) is 0 Å². The predicted molar refractivity (Wildman–Crippen MR) is 87.7 cm³/mol. The fourth-order valence-corrected chi connectivity index (χ4v) is 3.24. The number of carbonyl (C=O) groups is 3. The highest BCUT2D eigenvalue weighted by Crippen LogP contribution is 2.28. The number of rotatable bonds is 3. The van der Waals surface area contributed by atoms with Crippen LogP contribution in [0.4, 0.5) is 5.69 Å². The SMILES string of the molecule is COC(=O)CC1C(=O)NCCN1C(=O)c1cccc2c1NCCC2. The molecule has 2 amide bonds. The second kappa shape index (κ2) is 6.90. The number of nitrogens with zero attached hydrogens (tertiary/aromatic N) is 1. The Morgan fingerprint density at radius 3 is 2.92 bits per heavy atom. The fourth-order valence-electron chi connectivity index (χ4n) is 3.24. The molecule has 1 aromatic rings. The second-order valence-electron chi connectivity index (χ2n) is 5.96. The third kappa shape index (κ3) is 3.06. The number of para-hydroxylation sites is 1. The lowest BCUT2D eigenvalue weighted by Crippen LogP contribution is -2.58. The molecular weight excluding hydrogens is 310 g/mol. The number of methoxy groups -OCH3 is 1. The van der Waals surface area contributed by atoms with Crippen LogP contribution in [0.5, 0.6) is 0 Å². The molecule has 1 fully saturated rings. The molecule has 1 aromatic carbocycles. The van der Waals surface area contributed by atoms with E-state index >= 15 is 0 Å². The maximum Gasteiger partial charge on any atom is 0.308 e. The first-order valence-electron chi connectivity index (χ1n) is 8.13. The lowest BCUT2D eigenvalue weighted by molar-refractivity contribution is -0.145. The number of ether oxygens (including phenoxy) is 1. The summed E-state index contributed by atoms with van der Waals surface area (Å²) in [6, 6.07) is 4.80. The summed E-state index contributed by atoms with van der Waals surface area (Å²) in [5.41, 5.74) is 2.51. The van der Waals surface area contributed by atoms with Gasteiger partial charge in [-0.05, 0) is 24.5 Å². The first-order chi connectivity index (χ1) is 11.6. The molecule has 0 saturated carbocycles. The number of hydrogen-bond donors (Lipinski definition) is 2. The maximum absolute atomic E-state index is 13.1. The molecule has 7 nitrogen and oxygen atoms in total. The zero-order valence-electron chi connectivity index (χ0n) is 13.6. The smallest absolute Gasteiger partial charge is 0.308 e. The number of nitrogens with one attached hydrogen (secondary N) is 2. The topological polar surface area (TPSA) is 87.7 Å². The van der Waals surface area contributed by atoms with Crippen molar-refractivity contribution in [2.45, 2.75) is 25.3 Å². The number of carbonyl (C=O) groups excluding carboxylic acids is 3. The molecule has 0 radical (unpaired) electrons. The molecule has 0 spiro atoms. The van der Waals surface area contributed by atoms with E-state index in [1.165, 1.54) is 12.0 Å². The Labute approximate surface area is 140 Å². The number of aryl methyl sites for hydroxylation is 1. The average Bonchev–Trinajstić information content (AvgIpc) is 2.62. The summed E-state index contributed by atoms with van der Waals surface area (Å²) in [5, 5.41) is 5.99. The third-order valence-corrected chi connectivity index (χ3v) is 4.49. The first kappa shape index (κ1) is 16.3. The second-order valence-corrected chi connectivity index (χ2v) is 5.96. The predicted octanol–water partition coefficient (Wildman–Crippen LogP) is 0.548. The van der Waals surface area contributed by atoms with Crippen molar-refractivity contribution in [1.29, 1.82) is 0 Å². The van der Waals surface area contributed by atoms with Gasteiger partial charge in [0.15, 0.2) is 0 Å². The molecule has 0 bridgehead atoms. The monoisotopic (exact) mass is 331 g/mol. The molecule has 2 heterocycles. The van der Waals surface area contributed by atoms with Crippen LogP contribution in [-0.4, -0.2) is 55.5 Å². The average molecular weight is 331 g/mol. The number of anilines is 1. The van der Waals surface area contributed by atoms with Crippen LogP contribution < -0.4 is 10.6 Å². The first-order valence-corrected chi connectivity index (χ1v) is 8.13. The Hall–Kier alpha value is -2.57. The molecule has 1 saturated heterocycles. The van der Waals surface area contributed by atoms with Crippen molar-refractivity contribution in [3.8, 4) is 0 Å². The number of piperazine rings is 1. The molecule has 128 valence electrons. The number of amides is 2. The van der Waals surface area contributed by atoms with Crippen molar-refractivity contribution in [2.75, 3.05) is 32.1 Å². The van der Waals surface area contributed by atoms with E-state index in [1.807, 2.05) is 12.1 Å². The normalized spacial score (nSPS) is 19.8. The van der Waals surface area contributed by atoms with E-state index in [0.717, 1.165) is 30.6 Å². The highest BCUT2D eigenvalue weighted by Gasteiger charge is 2.36. The van der Waals surface area contributed by atoms with Gasteiger partial charge >= 0.3 is 5.97 Å². The summed E-state index contributed by atoms with van der Waals surface area (Å²) in [7, 11) is 1.27. The number of hydrogen-bond acceptors (Lipinski definition) is 5. The summed E-state index contributed by atoms with van der Waals surface area (Å²) in [6.07, 6.45) is 1.81. The van der Waals surface area contributed by atoms with Gasteiger partial charge in [-0.25, -0.2) is 0 Å².